The highest BCUT2D eigenvalue weighted by molar-refractivity contribution is 5.95. The number of ether oxygens (including phenoxy) is 2. The van der Waals surface area contributed by atoms with Crippen LogP contribution in [0, 0.1) is 0 Å². The van der Waals surface area contributed by atoms with Gasteiger partial charge in [-0.15, -0.1) is 0 Å². The number of benzene rings is 1. The van der Waals surface area contributed by atoms with Gasteiger partial charge in [-0.3, -0.25) is 4.79 Å². The van der Waals surface area contributed by atoms with Crippen LogP contribution in [0.5, 0.6) is 0 Å². The first kappa shape index (κ1) is 22.3. The largest absolute Gasteiger partial charge is 0.463 e. The Balaban J connectivity index is 2.36. The number of hydrogen-bond donors (Lipinski definition) is 2. The Morgan fingerprint density at radius 1 is 1.17 bits per heavy atom. The van der Waals surface area contributed by atoms with Gasteiger partial charge >= 0.3 is 18.0 Å². The first-order valence-corrected chi connectivity index (χ1v) is 9.60. The number of hydrogen-bond acceptors (Lipinski definition) is 6. The maximum absolute atomic E-state index is 12.5. The molecule has 0 radical (unpaired) electrons. The van der Waals surface area contributed by atoms with Crippen molar-refractivity contribution in [3.8, 4) is 0 Å². The van der Waals surface area contributed by atoms with E-state index in [9.17, 15) is 14.4 Å². The van der Waals surface area contributed by atoms with Crippen molar-refractivity contribution in [1.29, 1.82) is 0 Å². The Bertz CT molecular complexity index is 783. The smallest absolute Gasteiger partial charge is 0.337 e. The molecule has 1 atom stereocenters. The third-order valence-electron chi connectivity index (χ3n) is 4.08. The first-order chi connectivity index (χ1) is 13.6. The molecule has 1 aromatic rings. The van der Waals surface area contributed by atoms with E-state index in [1.807, 2.05) is 30.3 Å². The summed E-state index contributed by atoms with van der Waals surface area (Å²) < 4.78 is 10.6. The van der Waals surface area contributed by atoms with Crippen molar-refractivity contribution in [2.75, 3.05) is 24.6 Å². The van der Waals surface area contributed by atoms with Crippen LogP contribution in [0.15, 0.2) is 41.6 Å². The molecular formula is C21H29N3O5. The normalized spacial score (nSPS) is 16.6. The van der Waals surface area contributed by atoms with Gasteiger partial charge in [0, 0.05) is 5.69 Å². The molecule has 2 rings (SSSR count). The number of rotatable bonds is 7. The second kappa shape index (κ2) is 9.45. The van der Waals surface area contributed by atoms with Crippen LogP contribution in [-0.4, -0.2) is 49.3 Å². The number of nitrogens with one attached hydrogen (secondary N) is 2. The predicted molar refractivity (Wildman–Crippen MR) is 109 cm³/mol. The van der Waals surface area contributed by atoms with Crippen LogP contribution < -0.4 is 15.5 Å². The van der Waals surface area contributed by atoms with Gasteiger partial charge in [0.05, 0.1) is 30.5 Å². The maximum Gasteiger partial charge on any atom is 0.337 e. The van der Waals surface area contributed by atoms with E-state index in [-0.39, 0.29) is 19.7 Å². The Hall–Kier alpha value is -3.03. The Morgan fingerprint density at radius 3 is 2.41 bits per heavy atom. The average Bonchev–Trinajstić information content (AvgIpc) is 2.60. The van der Waals surface area contributed by atoms with Gasteiger partial charge in [0.15, 0.2) is 0 Å². The summed E-state index contributed by atoms with van der Waals surface area (Å²) in [5.41, 5.74) is 0.866. The lowest BCUT2D eigenvalue weighted by atomic mass is 10.0. The standard InChI is InChI=1S/C21H29N3O5/c1-6-28-19(26)18-14(2)22-20(27)23-16(18)12-24(15-10-8-7-9-11-15)13-17(25)29-21(3,4)5/h7-11,14H,6,12-13H2,1-5H3,(H2,22,23,27). The van der Waals surface area contributed by atoms with Crippen molar-refractivity contribution >= 4 is 23.7 Å². The number of para-hydroxylation sites is 1. The van der Waals surface area contributed by atoms with E-state index in [0.717, 1.165) is 5.69 Å². The molecule has 0 spiro atoms. The molecule has 1 unspecified atom stereocenters. The summed E-state index contributed by atoms with van der Waals surface area (Å²) in [5.74, 6) is -0.916. The SMILES string of the molecule is CCOC(=O)C1=C(CN(CC(=O)OC(C)(C)C)c2ccccc2)NC(=O)NC1C. The summed E-state index contributed by atoms with van der Waals surface area (Å²) in [7, 11) is 0. The molecule has 0 saturated carbocycles. The third kappa shape index (κ3) is 6.51. The zero-order chi connectivity index (χ0) is 21.6. The Labute approximate surface area is 171 Å². The monoisotopic (exact) mass is 403 g/mol. The van der Waals surface area contributed by atoms with Crippen molar-refractivity contribution in [3.05, 3.63) is 41.6 Å². The summed E-state index contributed by atoms with van der Waals surface area (Å²) in [6, 6.07) is 8.33. The molecular weight excluding hydrogens is 374 g/mol. The summed E-state index contributed by atoms with van der Waals surface area (Å²) in [5, 5.41) is 5.36. The fourth-order valence-electron chi connectivity index (χ4n) is 3.00. The zero-order valence-electron chi connectivity index (χ0n) is 17.6. The Morgan fingerprint density at radius 2 is 1.83 bits per heavy atom. The highest BCUT2D eigenvalue weighted by Crippen LogP contribution is 2.20. The van der Waals surface area contributed by atoms with Gasteiger partial charge in [-0.1, -0.05) is 18.2 Å². The van der Waals surface area contributed by atoms with Crippen molar-refractivity contribution in [2.45, 2.75) is 46.3 Å². The van der Waals surface area contributed by atoms with Crippen LogP contribution in [0.2, 0.25) is 0 Å². The molecule has 8 nitrogen and oxygen atoms in total. The molecule has 0 bridgehead atoms. The van der Waals surface area contributed by atoms with E-state index in [2.05, 4.69) is 10.6 Å². The number of urea groups is 1. The van der Waals surface area contributed by atoms with Crippen LogP contribution in [0.1, 0.15) is 34.6 Å². The van der Waals surface area contributed by atoms with Crippen LogP contribution in [0.3, 0.4) is 0 Å². The minimum absolute atomic E-state index is 0.0431. The quantitative estimate of drug-likeness (QED) is 0.679. The van der Waals surface area contributed by atoms with E-state index in [4.69, 9.17) is 9.47 Å². The molecule has 0 saturated heterocycles. The fraction of sp³-hybridized carbons (Fsp3) is 0.476. The predicted octanol–water partition coefficient (Wildman–Crippen LogP) is 2.35. The average molecular weight is 403 g/mol. The fourth-order valence-corrected chi connectivity index (χ4v) is 3.00. The second-order valence-corrected chi connectivity index (χ2v) is 7.71. The second-order valence-electron chi connectivity index (χ2n) is 7.71. The van der Waals surface area contributed by atoms with E-state index in [0.29, 0.717) is 11.3 Å². The molecule has 1 aromatic carbocycles. The molecule has 2 N–H and O–H groups in total. The number of carbonyl (C=O) groups is 3. The van der Waals surface area contributed by atoms with Gasteiger partial charge in [0.25, 0.3) is 0 Å². The van der Waals surface area contributed by atoms with Crippen LogP contribution in [0.25, 0.3) is 0 Å². The van der Waals surface area contributed by atoms with Gasteiger partial charge in [-0.2, -0.15) is 0 Å². The molecule has 29 heavy (non-hydrogen) atoms. The maximum atomic E-state index is 12.5. The third-order valence-corrected chi connectivity index (χ3v) is 4.08. The molecule has 8 heteroatoms. The number of carbonyl (C=O) groups excluding carboxylic acids is 3. The van der Waals surface area contributed by atoms with Crippen molar-refractivity contribution in [2.24, 2.45) is 0 Å². The summed E-state index contributed by atoms with van der Waals surface area (Å²) in [6.07, 6.45) is 0. The summed E-state index contributed by atoms with van der Waals surface area (Å²) >= 11 is 0. The minimum atomic E-state index is -0.619. The molecule has 2 amide bonds. The lowest BCUT2D eigenvalue weighted by molar-refractivity contribution is -0.153. The van der Waals surface area contributed by atoms with Crippen LogP contribution in [-0.2, 0) is 19.1 Å². The van der Waals surface area contributed by atoms with Gasteiger partial charge < -0.3 is 25.0 Å². The lowest BCUT2D eigenvalue weighted by Gasteiger charge is -2.31. The highest BCUT2D eigenvalue weighted by Gasteiger charge is 2.31. The van der Waals surface area contributed by atoms with Crippen molar-refractivity contribution in [1.82, 2.24) is 10.6 Å². The van der Waals surface area contributed by atoms with Crippen LogP contribution >= 0.6 is 0 Å². The zero-order valence-corrected chi connectivity index (χ0v) is 17.6. The number of nitrogens with zero attached hydrogens (tertiary/aromatic N) is 1. The molecule has 1 heterocycles. The molecule has 1 aliphatic rings. The van der Waals surface area contributed by atoms with E-state index >= 15 is 0 Å². The Kier molecular flexibility index (Phi) is 7.25. The molecule has 158 valence electrons. The minimum Gasteiger partial charge on any atom is -0.463 e. The topological polar surface area (TPSA) is 97.0 Å². The van der Waals surface area contributed by atoms with Gasteiger partial charge in [-0.25, -0.2) is 9.59 Å². The van der Waals surface area contributed by atoms with E-state index in [1.54, 1.807) is 39.5 Å². The van der Waals surface area contributed by atoms with Gasteiger partial charge in [0.1, 0.15) is 12.1 Å². The summed E-state index contributed by atoms with van der Waals surface area (Å²) in [6.45, 7) is 9.14. The van der Waals surface area contributed by atoms with E-state index in [1.165, 1.54) is 0 Å². The number of esters is 2. The van der Waals surface area contributed by atoms with Crippen molar-refractivity contribution in [3.63, 3.8) is 0 Å². The van der Waals surface area contributed by atoms with E-state index < -0.39 is 29.6 Å². The van der Waals surface area contributed by atoms with Crippen LogP contribution in [0.4, 0.5) is 10.5 Å². The molecule has 1 aliphatic heterocycles. The summed E-state index contributed by atoms with van der Waals surface area (Å²) in [4.78, 5) is 38.7. The molecule has 0 aromatic heterocycles. The first-order valence-electron chi connectivity index (χ1n) is 9.60. The van der Waals surface area contributed by atoms with Gasteiger partial charge in [-0.05, 0) is 46.8 Å². The van der Waals surface area contributed by atoms with Crippen molar-refractivity contribution < 1.29 is 23.9 Å². The number of amides is 2. The molecule has 0 fully saturated rings. The lowest BCUT2D eigenvalue weighted by Crippen LogP contribution is -2.51. The molecule has 0 aliphatic carbocycles. The number of anilines is 1. The highest BCUT2D eigenvalue weighted by atomic mass is 16.6. The van der Waals surface area contributed by atoms with Gasteiger partial charge in [0.2, 0.25) is 0 Å².